The third kappa shape index (κ3) is 3.88. The Morgan fingerprint density at radius 3 is 2.86 bits per heavy atom. The second-order valence-electron chi connectivity index (χ2n) is 4.28. The largest absolute Gasteiger partial charge is 0.493 e. The van der Waals surface area contributed by atoms with Crippen molar-refractivity contribution in [1.82, 2.24) is 4.90 Å². The summed E-state index contributed by atoms with van der Waals surface area (Å²) in [7, 11) is 0. The smallest absolute Gasteiger partial charge is 0.323 e. The van der Waals surface area contributed by atoms with Crippen molar-refractivity contribution in [3.63, 3.8) is 0 Å². The predicted molar refractivity (Wildman–Crippen MR) is 92.8 cm³/mol. The van der Waals surface area contributed by atoms with E-state index >= 15 is 0 Å². The first-order valence-corrected chi connectivity index (χ1v) is 8.33. The zero-order valence-corrected chi connectivity index (χ0v) is 14.8. The predicted octanol–water partition coefficient (Wildman–Crippen LogP) is 3.13. The van der Waals surface area contributed by atoms with Crippen molar-refractivity contribution in [2.75, 3.05) is 13.2 Å². The number of thioether (sulfide) groups is 1. The average molecular weight is 402 g/mol. The number of rotatable bonds is 5. The van der Waals surface area contributed by atoms with Crippen LogP contribution in [0.2, 0.25) is 0 Å². The Bertz CT molecular complexity index is 675. The Morgan fingerprint density at radius 1 is 1.55 bits per heavy atom. The molecule has 2 rings (SSSR count). The van der Waals surface area contributed by atoms with E-state index in [4.69, 9.17) is 22.1 Å². The van der Waals surface area contributed by atoms with E-state index in [1.807, 2.05) is 19.1 Å². The molecule has 1 saturated heterocycles. The first kappa shape index (κ1) is 17.0. The van der Waals surface area contributed by atoms with E-state index < -0.39 is 12.5 Å². The Hall–Kier alpha value is -1.38. The number of carboxylic acid groups (broad SMARTS) is 1. The zero-order chi connectivity index (χ0) is 16.3. The number of thiocarbonyl (C=S) groups is 1. The molecule has 116 valence electrons. The van der Waals surface area contributed by atoms with Gasteiger partial charge in [0.25, 0.3) is 5.91 Å². The minimum Gasteiger partial charge on any atom is -0.493 e. The molecule has 0 aromatic heterocycles. The van der Waals surface area contributed by atoms with Crippen LogP contribution in [0.3, 0.4) is 0 Å². The summed E-state index contributed by atoms with van der Waals surface area (Å²) in [5.41, 5.74) is 0.797. The molecular weight excluding hydrogens is 390 g/mol. The summed E-state index contributed by atoms with van der Waals surface area (Å²) in [6.07, 6.45) is 1.68. The van der Waals surface area contributed by atoms with Gasteiger partial charge < -0.3 is 9.84 Å². The number of amides is 1. The molecule has 1 N–H and O–H groups in total. The van der Waals surface area contributed by atoms with Crippen molar-refractivity contribution in [2.24, 2.45) is 0 Å². The van der Waals surface area contributed by atoms with Crippen molar-refractivity contribution in [2.45, 2.75) is 6.92 Å². The standard InChI is InChI=1S/C14H12BrNO4S2/c1-2-20-10-4-3-8(5-9(10)15)6-11-13(19)16(7-12(17)18)14(21)22-11/h3-6H,2,7H2,1H3,(H,17,18)/b11-6+. The monoisotopic (exact) mass is 401 g/mol. The molecule has 1 aliphatic rings. The van der Waals surface area contributed by atoms with E-state index in [2.05, 4.69) is 15.9 Å². The minimum absolute atomic E-state index is 0.253. The van der Waals surface area contributed by atoms with Crippen LogP contribution in [0, 0.1) is 0 Å². The number of carbonyl (C=O) groups excluding carboxylic acids is 1. The van der Waals surface area contributed by atoms with Gasteiger partial charge in [-0.2, -0.15) is 0 Å². The van der Waals surface area contributed by atoms with E-state index in [0.717, 1.165) is 32.4 Å². The fourth-order valence-corrected chi connectivity index (χ4v) is 3.57. The van der Waals surface area contributed by atoms with Crippen LogP contribution in [-0.4, -0.2) is 39.4 Å². The Labute approximate surface area is 145 Å². The molecule has 1 fully saturated rings. The molecule has 0 unspecified atom stereocenters. The molecule has 0 radical (unpaired) electrons. The molecule has 0 spiro atoms. The van der Waals surface area contributed by atoms with E-state index in [-0.39, 0.29) is 10.2 Å². The summed E-state index contributed by atoms with van der Waals surface area (Å²) in [5.74, 6) is -0.762. The van der Waals surface area contributed by atoms with Crippen LogP contribution >= 0.6 is 39.9 Å². The molecule has 1 aliphatic heterocycles. The summed E-state index contributed by atoms with van der Waals surface area (Å²) < 4.78 is 6.46. The molecule has 0 aliphatic carbocycles. The fraction of sp³-hybridized carbons (Fsp3) is 0.214. The number of carbonyl (C=O) groups is 2. The summed E-state index contributed by atoms with van der Waals surface area (Å²) in [6.45, 7) is 2.04. The van der Waals surface area contributed by atoms with Crippen LogP contribution in [0.4, 0.5) is 0 Å². The number of nitrogens with zero attached hydrogens (tertiary/aromatic N) is 1. The average Bonchev–Trinajstić information content (AvgIpc) is 2.69. The molecule has 0 saturated carbocycles. The molecule has 1 heterocycles. The summed E-state index contributed by atoms with van der Waals surface area (Å²) in [6, 6.07) is 5.45. The van der Waals surface area contributed by atoms with Crippen molar-refractivity contribution in [1.29, 1.82) is 0 Å². The van der Waals surface area contributed by atoms with Gasteiger partial charge in [-0.05, 0) is 46.6 Å². The number of hydrogen-bond donors (Lipinski definition) is 1. The van der Waals surface area contributed by atoms with Gasteiger partial charge in [0.15, 0.2) is 0 Å². The number of ether oxygens (including phenoxy) is 1. The Balaban J connectivity index is 2.23. The van der Waals surface area contributed by atoms with Gasteiger partial charge in [-0.15, -0.1) is 0 Å². The van der Waals surface area contributed by atoms with Gasteiger partial charge in [-0.3, -0.25) is 14.5 Å². The number of benzene rings is 1. The highest BCUT2D eigenvalue weighted by Crippen LogP contribution is 2.33. The zero-order valence-electron chi connectivity index (χ0n) is 11.5. The normalized spacial score (nSPS) is 16.5. The molecule has 0 atom stereocenters. The highest BCUT2D eigenvalue weighted by molar-refractivity contribution is 9.10. The highest BCUT2D eigenvalue weighted by Gasteiger charge is 2.33. The quantitative estimate of drug-likeness (QED) is 0.603. The molecule has 5 nitrogen and oxygen atoms in total. The van der Waals surface area contributed by atoms with Crippen LogP contribution in [0.5, 0.6) is 5.75 Å². The van der Waals surface area contributed by atoms with Crippen LogP contribution in [0.15, 0.2) is 27.6 Å². The molecular formula is C14H12BrNO4S2. The second-order valence-corrected chi connectivity index (χ2v) is 6.81. The maximum atomic E-state index is 12.2. The number of aliphatic carboxylic acids is 1. The van der Waals surface area contributed by atoms with Crippen LogP contribution in [-0.2, 0) is 9.59 Å². The Morgan fingerprint density at radius 2 is 2.27 bits per heavy atom. The lowest BCUT2D eigenvalue weighted by Gasteiger charge is -2.10. The first-order chi connectivity index (χ1) is 10.4. The van der Waals surface area contributed by atoms with E-state index in [1.54, 1.807) is 12.1 Å². The van der Waals surface area contributed by atoms with Crippen LogP contribution in [0.25, 0.3) is 6.08 Å². The van der Waals surface area contributed by atoms with Crippen molar-refractivity contribution in [3.8, 4) is 5.75 Å². The topological polar surface area (TPSA) is 66.8 Å². The van der Waals surface area contributed by atoms with Gasteiger partial charge in [0.1, 0.15) is 16.6 Å². The van der Waals surface area contributed by atoms with Crippen molar-refractivity contribution < 1.29 is 19.4 Å². The minimum atomic E-state index is -1.10. The lowest BCUT2D eigenvalue weighted by atomic mass is 10.2. The molecule has 1 aromatic rings. The first-order valence-electron chi connectivity index (χ1n) is 6.32. The molecule has 22 heavy (non-hydrogen) atoms. The molecule has 1 aromatic carbocycles. The highest BCUT2D eigenvalue weighted by atomic mass is 79.9. The van der Waals surface area contributed by atoms with Crippen molar-refractivity contribution in [3.05, 3.63) is 33.1 Å². The van der Waals surface area contributed by atoms with Gasteiger partial charge in [-0.25, -0.2) is 0 Å². The van der Waals surface area contributed by atoms with E-state index in [0.29, 0.717) is 11.5 Å². The molecule has 8 heteroatoms. The van der Waals surface area contributed by atoms with Gasteiger partial charge >= 0.3 is 5.97 Å². The lowest BCUT2D eigenvalue weighted by Crippen LogP contribution is -2.33. The summed E-state index contributed by atoms with van der Waals surface area (Å²) in [5, 5.41) is 8.80. The SMILES string of the molecule is CCOc1ccc(/C=C2/SC(=S)N(CC(=O)O)C2=O)cc1Br. The maximum absolute atomic E-state index is 12.2. The second kappa shape index (κ2) is 7.26. The van der Waals surface area contributed by atoms with Gasteiger partial charge in [0.05, 0.1) is 16.0 Å². The van der Waals surface area contributed by atoms with Crippen LogP contribution < -0.4 is 4.74 Å². The van der Waals surface area contributed by atoms with E-state index in [9.17, 15) is 9.59 Å². The number of carboxylic acids is 1. The van der Waals surface area contributed by atoms with Gasteiger partial charge in [-0.1, -0.05) is 30.0 Å². The number of hydrogen-bond acceptors (Lipinski definition) is 5. The van der Waals surface area contributed by atoms with Crippen molar-refractivity contribution >= 4 is 62.2 Å². The number of halogens is 1. The fourth-order valence-electron chi connectivity index (χ4n) is 1.80. The molecule has 0 bridgehead atoms. The maximum Gasteiger partial charge on any atom is 0.323 e. The molecule has 1 amide bonds. The third-order valence-electron chi connectivity index (χ3n) is 2.72. The van der Waals surface area contributed by atoms with E-state index in [1.165, 1.54) is 0 Å². The van der Waals surface area contributed by atoms with Gasteiger partial charge in [0.2, 0.25) is 0 Å². The third-order valence-corrected chi connectivity index (χ3v) is 4.72. The Kier molecular flexibility index (Phi) is 5.60. The van der Waals surface area contributed by atoms with Crippen LogP contribution in [0.1, 0.15) is 12.5 Å². The van der Waals surface area contributed by atoms with Gasteiger partial charge in [0, 0.05) is 0 Å². The summed E-state index contributed by atoms with van der Waals surface area (Å²) >= 11 is 9.55. The summed E-state index contributed by atoms with van der Waals surface area (Å²) in [4.78, 5) is 24.4. The lowest BCUT2D eigenvalue weighted by molar-refractivity contribution is -0.140.